The molecule has 4 nitrogen and oxygen atoms in total. The lowest BCUT2D eigenvalue weighted by atomic mass is 10.2. The Bertz CT molecular complexity index is 360. The van der Waals surface area contributed by atoms with Gasteiger partial charge in [-0.15, -0.1) is 0 Å². The molecule has 0 fully saturated rings. The first-order valence-corrected chi connectivity index (χ1v) is 5.09. The summed E-state index contributed by atoms with van der Waals surface area (Å²) in [6, 6.07) is 3.73. The summed E-state index contributed by atoms with van der Waals surface area (Å²) in [7, 11) is 1.97. The molecule has 0 amide bonds. The highest BCUT2D eigenvalue weighted by atomic mass is 15.2. The molecule has 1 aromatic rings. The highest BCUT2D eigenvalue weighted by Crippen LogP contribution is 2.16. The third kappa shape index (κ3) is 2.68. The number of anilines is 1. The van der Waals surface area contributed by atoms with Gasteiger partial charge < -0.3 is 10.6 Å². The van der Waals surface area contributed by atoms with Crippen LogP contribution in [0.15, 0.2) is 12.1 Å². The van der Waals surface area contributed by atoms with Crippen molar-refractivity contribution in [2.45, 2.75) is 20.3 Å². The number of amidine groups is 1. The Kier molecular flexibility index (Phi) is 3.66. The van der Waals surface area contributed by atoms with Crippen LogP contribution in [0.5, 0.6) is 0 Å². The van der Waals surface area contributed by atoms with Crippen molar-refractivity contribution in [3.63, 3.8) is 0 Å². The molecule has 1 heterocycles. The van der Waals surface area contributed by atoms with Crippen molar-refractivity contribution < 1.29 is 0 Å². The van der Waals surface area contributed by atoms with Crippen LogP contribution in [0.2, 0.25) is 0 Å². The molecule has 0 spiro atoms. The molecule has 1 aromatic heterocycles. The van der Waals surface area contributed by atoms with Gasteiger partial charge in [-0.3, -0.25) is 5.41 Å². The van der Waals surface area contributed by atoms with Crippen molar-refractivity contribution >= 4 is 11.7 Å². The molecular weight excluding hydrogens is 188 g/mol. The molecule has 0 radical (unpaired) electrons. The Morgan fingerprint density at radius 2 is 2.20 bits per heavy atom. The largest absolute Gasteiger partial charge is 0.384 e. The number of hydrogen-bond donors (Lipinski definition) is 2. The van der Waals surface area contributed by atoms with E-state index in [-0.39, 0.29) is 5.84 Å². The first-order valence-electron chi connectivity index (χ1n) is 5.09. The Balaban J connectivity index is 3.12. The van der Waals surface area contributed by atoms with Gasteiger partial charge in [0.05, 0.1) is 5.56 Å². The van der Waals surface area contributed by atoms with Gasteiger partial charge in [-0.25, -0.2) is 4.98 Å². The summed E-state index contributed by atoms with van der Waals surface area (Å²) >= 11 is 0. The van der Waals surface area contributed by atoms with E-state index in [0.717, 1.165) is 24.5 Å². The molecule has 15 heavy (non-hydrogen) atoms. The van der Waals surface area contributed by atoms with Crippen LogP contribution >= 0.6 is 0 Å². The fourth-order valence-electron chi connectivity index (χ4n) is 1.49. The summed E-state index contributed by atoms with van der Waals surface area (Å²) in [5, 5.41) is 7.48. The minimum Gasteiger partial charge on any atom is -0.384 e. The van der Waals surface area contributed by atoms with E-state index < -0.39 is 0 Å². The number of pyridine rings is 1. The Hall–Kier alpha value is -1.58. The van der Waals surface area contributed by atoms with Crippen molar-refractivity contribution in [3.8, 4) is 0 Å². The summed E-state index contributed by atoms with van der Waals surface area (Å²) in [5.74, 6) is 0.866. The molecular formula is C11H18N4. The maximum absolute atomic E-state index is 7.48. The number of nitrogens with zero attached hydrogens (tertiary/aromatic N) is 2. The highest BCUT2D eigenvalue weighted by molar-refractivity contribution is 5.99. The van der Waals surface area contributed by atoms with E-state index in [4.69, 9.17) is 11.1 Å². The smallest absolute Gasteiger partial charge is 0.139 e. The molecule has 0 aliphatic carbocycles. The molecule has 0 aliphatic rings. The summed E-state index contributed by atoms with van der Waals surface area (Å²) in [6.45, 7) is 4.96. The molecule has 0 aromatic carbocycles. The molecule has 0 saturated carbocycles. The summed E-state index contributed by atoms with van der Waals surface area (Å²) in [6.07, 6.45) is 1.05. The molecule has 0 atom stereocenters. The first-order chi connectivity index (χ1) is 7.06. The van der Waals surface area contributed by atoms with Crippen LogP contribution < -0.4 is 10.6 Å². The summed E-state index contributed by atoms with van der Waals surface area (Å²) < 4.78 is 0. The molecule has 4 heteroatoms. The van der Waals surface area contributed by atoms with Crippen LogP contribution in [0.3, 0.4) is 0 Å². The zero-order valence-corrected chi connectivity index (χ0v) is 9.54. The fourth-order valence-corrected chi connectivity index (χ4v) is 1.49. The lowest BCUT2D eigenvalue weighted by molar-refractivity contribution is 0.833. The molecule has 0 aliphatic heterocycles. The van der Waals surface area contributed by atoms with Crippen molar-refractivity contribution in [1.29, 1.82) is 5.41 Å². The number of nitrogens with one attached hydrogen (secondary N) is 1. The second kappa shape index (κ2) is 4.77. The fraction of sp³-hybridized carbons (Fsp3) is 0.455. The van der Waals surface area contributed by atoms with E-state index in [1.807, 2.05) is 31.0 Å². The van der Waals surface area contributed by atoms with Gasteiger partial charge in [-0.05, 0) is 25.5 Å². The van der Waals surface area contributed by atoms with E-state index in [9.17, 15) is 0 Å². The minimum absolute atomic E-state index is 0.0699. The van der Waals surface area contributed by atoms with Crippen LogP contribution in [0.1, 0.15) is 24.6 Å². The SMILES string of the molecule is CCCN(C)c1nc(C)ccc1C(=N)N. The van der Waals surface area contributed by atoms with Gasteiger partial charge >= 0.3 is 0 Å². The molecule has 0 unspecified atom stereocenters. The number of nitrogen functional groups attached to an aromatic ring is 1. The molecule has 3 N–H and O–H groups in total. The average molecular weight is 206 g/mol. The third-order valence-electron chi connectivity index (χ3n) is 2.23. The van der Waals surface area contributed by atoms with Crippen LogP contribution in [0.4, 0.5) is 5.82 Å². The summed E-state index contributed by atoms with van der Waals surface area (Å²) in [5.41, 5.74) is 7.16. The van der Waals surface area contributed by atoms with Crippen LogP contribution in [0, 0.1) is 12.3 Å². The first kappa shape index (κ1) is 11.5. The Labute approximate surface area is 90.6 Å². The Morgan fingerprint density at radius 1 is 1.53 bits per heavy atom. The van der Waals surface area contributed by atoms with E-state index in [1.54, 1.807) is 0 Å². The van der Waals surface area contributed by atoms with Crippen molar-refractivity contribution in [3.05, 3.63) is 23.4 Å². The van der Waals surface area contributed by atoms with Gasteiger partial charge in [0.2, 0.25) is 0 Å². The number of rotatable bonds is 4. The number of aromatic nitrogens is 1. The van der Waals surface area contributed by atoms with Gasteiger partial charge in [0.15, 0.2) is 0 Å². The van der Waals surface area contributed by atoms with E-state index in [0.29, 0.717) is 5.56 Å². The number of hydrogen-bond acceptors (Lipinski definition) is 3. The number of aryl methyl sites for hydroxylation is 1. The highest BCUT2D eigenvalue weighted by Gasteiger charge is 2.10. The van der Waals surface area contributed by atoms with E-state index >= 15 is 0 Å². The average Bonchev–Trinajstić information content (AvgIpc) is 2.17. The predicted molar refractivity (Wildman–Crippen MR) is 63.6 cm³/mol. The van der Waals surface area contributed by atoms with Crippen molar-refractivity contribution in [2.75, 3.05) is 18.5 Å². The molecule has 82 valence electrons. The van der Waals surface area contributed by atoms with Gasteiger partial charge in [-0.1, -0.05) is 6.92 Å². The predicted octanol–water partition coefficient (Wildman–Crippen LogP) is 1.52. The quantitative estimate of drug-likeness (QED) is 0.580. The van der Waals surface area contributed by atoms with Crippen LogP contribution in [0.25, 0.3) is 0 Å². The van der Waals surface area contributed by atoms with Gasteiger partial charge in [0.25, 0.3) is 0 Å². The van der Waals surface area contributed by atoms with E-state index in [2.05, 4.69) is 11.9 Å². The lowest BCUT2D eigenvalue weighted by Gasteiger charge is -2.20. The molecule has 0 saturated heterocycles. The van der Waals surface area contributed by atoms with Crippen molar-refractivity contribution in [2.24, 2.45) is 5.73 Å². The molecule has 0 bridgehead atoms. The van der Waals surface area contributed by atoms with Gasteiger partial charge in [-0.2, -0.15) is 0 Å². The normalized spacial score (nSPS) is 10.1. The second-order valence-corrected chi connectivity index (χ2v) is 3.66. The van der Waals surface area contributed by atoms with E-state index in [1.165, 1.54) is 0 Å². The van der Waals surface area contributed by atoms with Crippen molar-refractivity contribution in [1.82, 2.24) is 4.98 Å². The zero-order valence-electron chi connectivity index (χ0n) is 9.54. The second-order valence-electron chi connectivity index (χ2n) is 3.66. The van der Waals surface area contributed by atoms with Gasteiger partial charge in [0.1, 0.15) is 11.7 Å². The standard InChI is InChI=1S/C11H18N4/c1-4-7-15(3)11-9(10(12)13)6-5-8(2)14-11/h5-6H,4,7H2,1-3H3,(H3,12,13). The lowest BCUT2D eigenvalue weighted by Crippen LogP contribution is -2.24. The summed E-state index contributed by atoms with van der Waals surface area (Å²) in [4.78, 5) is 6.45. The maximum atomic E-state index is 7.48. The van der Waals surface area contributed by atoms with Crippen LogP contribution in [-0.4, -0.2) is 24.4 Å². The molecule has 1 rings (SSSR count). The third-order valence-corrected chi connectivity index (χ3v) is 2.23. The maximum Gasteiger partial charge on any atom is 0.139 e. The minimum atomic E-state index is 0.0699. The number of nitrogens with two attached hydrogens (primary N) is 1. The van der Waals surface area contributed by atoms with Crippen LogP contribution in [-0.2, 0) is 0 Å². The monoisotopic (exact) mass is 206 g/mol. The van der Waals surface area contributed by atoms with Gasteiger partial charge in [0, 0.05) is 19.3 Å². The Morgan fingerprint density at radius 3 is 2.73 bits per heavy atom. The zero-order chi connectivity index (χ0) is 11.4. The topological polar surface area (TPSA) is 66.0 Å².